The summed E-state index contributed by atoms with van der Waals surface area (Å²) in [5, 5.41) is 2.36. The van der Waals surface area contributed by atoms with E-state index in [1.165, 1.54) is 24.0 Å². The summed E-state index contributed by atoms with van der Waals surface area (Å²) in [6, 6.07) is 13.4. The second-order valence-corrected chi connectivity index (χ2v) is 5.86. The first-order chi connectivity index (χ1) is 11.2. The monoisotopic (exact) mass is 325 g/mol. The Bertz CT molecular complexity index is 811. The minimum Gasteiger partial charge on any atom is -0.465 e. The number of methoxy groups -OCH3 is 1. The van der Waals surface area contributed by atoms with E-state index < -0.39 is 5.97 Å². The molecule has 0 radical (unpaired) electrons. The van der Waals surface area contributed by atoms with E-state index in [9.17, 15) is 4.79 Å². The molecule has 0 amide bonds. The van der Waals surface area contributed by atoms with E-state index in [1.807, 2.05) is 42.6 Å². The first-order valence-electron chi connectivity index (χ1n) is 7.03. The van der Waals surface area contributed by atoms with E-state index in [4.69, 9.17) is 9.47 Å². The van der Waals surface area contributed by atoms with Gasteiger partial charge in [0.25, 0.3) is 5.19 Å². The molecule has 0 fully saturated rings. The van der Waals surface area contributed by atoms with Crippen molar-refractivity contribution in [1.29, 1.82) is 0 Å². The summed E-state index contributed by atoms with van der Waals surface area (Å²) >= 11 is 1.39. The van der Waals surface area contributed by atoms with Crippen molar-refractivity contribution < 1.29 is 14.3 Å². The molecule has 116 valence electrons. The molecule has 0 aliphatic heterocycles. The number of thiazole rings is 1. The van der Waals surface area contributed by atoms with Gasteiger partial charge in [-0.1, -0.05) is 41.2 Å². The maximum atomic E-state index is 11.9. The number of hydrogen-bond donors (Lipinski definition) is 0. The van der Waals surface area contributed by atoms with E-state index in [-0.39, 0.29) is 0 Å². The zero-order chi connectivity index (χ0) is 16.2. The van der Waals surface area contributed by atoms with Gasteiger partial charge in [-0.15, -0.1) is 0 Å². The largest absolute Gasteiger partial charge is 0.465 e. The summed E-state index contributed by atoms with van der Waals surface area (Å²) in [4.78, 5) is 16.0. The maximum absolute atomic E-state index is 11.9. The fraction of sp³-hybridized carbons (Fsp3) is 0.111. The van der Waals surface area contributed by atoms with Crippen LogP contribution in [0.1, 0.15) is 15.9 Å². The van der Waals surface area contributed by atoms with Crippen molar-refractivity contribution in [2.75, 3.05) is 7.11 Å². The number of esters is 1. The molecule has 0 saturated heterocycles. The molecule has 23 heavy (non-hydrogen) atoms. The maximum Gasteiger partial charge on any atom is 0.338 e. The van der Waals surface area contributed by atoms with E-state index in [1.54, 1.807) is 18.3 Å². The molecule has 0 N–H and O–H groups in total. The molecular formula is C18H15NO3S. The minimum absolute atomic E-state index is 0.400. The van der Waals surface area contributed by atoms with Crippen LogP contribution in [-0.2, 0) is 4.74 Å². The van der Waals surface area contributed by atoms with E-state index in [0.717, 1.165) is 11.1 Å². The molecule has 0 saturated carbocycles. The number of aryl methyl sites for hydroxylation is 1. The van der Waals surface area contributed by atoms with Crippen LogP contribution in [-0.4, -0.2) is 18.1 Å². The predicted octanol–water partition coefficient (Wildman–Crippen LogP) is 4.70. The van der Waals surface area contributed by atoms with E-state index in [0.29, 0.717) is 16.5 Å². The number of rotatable bonds is 4. The highest BCUT2D eigenvalue weighted by Gasteiger charge is 2.12. The third-order valence-corrected chi connectivity index (χ3v) is 3.98. The number of nitrogens with zero attached hydrogens (tertiary/aromatic N) is 1. The van der Waals surface area contributed by atoms with E-state index >= 15 is 0 Å². The lowest BCUT2D eigenvalue weighted by Gasteiger charge is -2.09. The molecular weight excluding hydrogens is 310 g/mol. The Morgan fingerprint density at radius 1 is 1.09 bits per heavy atom. The number of hydrogen-bond acceptors (Lipinski definition) is 5. The summed E-state index contributed by atoms with van der Waals surface area (Å²) in [5.41, 5.74) is 3.51. The zero-order valence-corrected chi connectivity index (χ0v) is 13.6. The molecule has 0 atom stereocenters. The average Bonchev–Trinajstić information content (AvgIpc) is 3.07. The van der Waals surface area contributed by atoms with Gasteiger partial charge in [0.05, 0.1) is 12.7 Å². The highest BCUT2D eigenvalue weighted by molar-refractivity contribution is 7.11. The number of benzene rings is 2. The molecule has 1 aromatic heterocycles. The van der Waals surface area contributed by atoms with Gasteiger partial charge < -0.3 is 9.47 Å². The van der Waals surface area contributed by atoms with Crippen LogP contribution in [0.5, 0.6) is 10.9 Å². The Balaban J connectivity index is 2.03. The second kappa shape index (κ2) is 6.62. The second-order valence-electron chi connectivity index (χ2n) is 5.00. The van der Waals surface area contributed by atoms with Crippen molar-refractivity contribution in [2.45, 2.75) is 6.92 Å². The molecule has 0 bridgehead atoms. The lowest BCUT2D eigenvalue weighted by atomic mass is 10.0. The van der Waals surface area contributed by atoms with Crippen LogP contribution in [0, 0.1) is 6.92 Å². The smallest absolute Gasteiger partial charge is 0.338 e. The van der Waals surface area contributed by atoms with Gasteiger partial charge in [-0.25, -0.2) is 9.78 Å². The summed E-state index contributed by atoms with van der Waals surface area (Å²) in [6.07, 6.45) is 1.67. The van der Waals surface area contributed by atoms with Gasteiger partial charge in [0.15, 0.2) is 0 Å². The van der Waals surface area contributed by atoms with Crippen LogP contribution in [0.2, 0.25) is 0 Å². The van der Waals surface area contributed by atoms with Gasteiger partial charge in [0.2, 0.25) is 0 Å². The molecule has 0 aliphatic carbocycles. The molecule has 1 heterocycles. The standard InChI is InChI=1S/C18H15NO3S/c1-12-3-5-13(6-4-12)14-9-15(17(20)21-2)11-16(10-14)22-18-19-7-8-23-18/h3-11H,1-2H3. The molecule has 3 rings (SSSR count). The minimum atomic E-state index is -0.400. The van der Waals surface area contributed by atoms with Gasteiger partial charge >= 0.3 is 5.97 Å². The molecule has 0 unspecified atom stereocenters. The van der Waals surface area contributed by atoms with Crippen molar-refractivity contribution in [1.82, 2.24) is 4.98 Å². The van der Waals surface area contributed by atoms with Gasteiger partial charge in [-0.3, -0.25) is 0 Å². The summed E-state index contributed by atoms with van der Waals surface area (Å²) in [6.45, 7) is 2.03. The molecule has 2 aromatic carbocycles. The van der Waals surface area contributed by atoms with Gasteiger partial charge in [0, 0.05) is 11.6 Å². The van der Waals surface area contributed by atoms with Crippen LogP contribution < -0.4 is 4.74 Å². The van der Waals surface area contributed by atoms with Gasteiger partial charge in [0.1, 0.15) is 5.75 Å². The third-order valence-electron chi connectivity index (χ3n) is 3.33. The number of ether oxygens (including phenoxy) is 2. The summed E-state index contributed by atoms with van der Waals surface area (Å²) in [7, 11) is 1.36. The zero-order valence-electron chi connectivity index (χ0n) is 12.8. The van der Waals surface area contributed by atoms with Crippen molar-refractivity contribution in [3.05, 3.63) is 65.2 Å². The van der Waals surface area contributed by atoms with Gasteiger partial charge in [-0.05, 0) is 36.2 Å². The Morgan fingerprint density at radius 3 is 2.52 bits per heavy atom. The fourth-order valence-corrected chi connectivity index (χ4v) is 2.67. The first kappa shape index (κ1) is 15.2. The van der Waals surface area contributed by atoms with Crippen molar-refractivity contribution >= 4 is 17.3 Å². The molecule has 0 spiro atoms. The highest BCUT2D eigenvalue weighted by atomic mass is 32.1. The average molecular weight is 325 g/mol. The number of carbonyl (C=O) groups is 1. The highest BCUT2D eigenvalue weighted by Crippen LogP contribution is 2.30. The quantitative estimate of drug-likeness (QED) is 0.653. The van der Waals surface area contributed by atoms with Crippen molar-refractivity contribution in [3.8, 4) is 22.1 Å². The van der Waals surface area contributed by atoms with Crippen LogP contribution in [0.4, 0.5) is 0 Å². The lowest BCUT2D eigenvalue weighted by Crippen LogP contribution is -2.02. The van der Waals surface area contributed by atoms with Crippen molar-refractivity contribution in [3.63, 3.8) is 0 Å². The Morgan fingerprint density at radius 2 is 1.87 bits per heavy atom. The van der Waals surface area contributed by atoms with Crippen molar-refractivity contribution in [2.24, 2.45) is 0 Å². The summed E-state index contributed by atoms with van der Waals surface area (Å²) < 4.78 is 10.6. The van der Waals surface area contributed by atoms with Gasteiger partial charge in [-0.2, -0.15) is 0 Å². The Labute approximate surface area is 138 Å². The van der Waals surface area contributed by atoms with E-state index in [2.05, 4.69) is 4.98 Å². The lowest BCUT2D eigenvalue weighted by molar-refractivity contribution is 0.0600. The Kier molecular flexibility index (Phi) is 4.39. The molecule has 4 nitrogen and oxygen atoms in total. The first-order valence-corrected chi connectivity index (χ1v) is 7.91. The van der Waals surface area contributed by atoms with Crippen LogP contribution >= 0.6 is 11.3 Å². The molecule has 3 aromatic rings. The number of carbonyl (C=O) groups excluding carboxylic acids is 1. The van der Waals surface area contributed by atoms with Crippen LogP contribution in [0.15, 0.2) is 54.0 Å². The van der Waals surface area contributed by atoms with Crippen LogP contribution in [0.3, 0.4) is 0 Å². The number of aromatic nitrogens is 1. The third kappa shape index (κ3) is 3.57. The molecule has 0 aliphatic rings. The normalized spacial score (nSPS) is 10.3. The van der Waals surface area contributed by atoms with Crippen LogP contribution in [0.25, 0.3) is 11.1 Å². The fourth-order valence-electron chi connectivity index (χ4n) is 2.17. The topological polar surface area (TPSA) is 48.4 Å². The Hall–Kier alpha value is -2.66. The predicted molar refractivity (Wildman–Crippen MR) is 90.1 cm³/mol. The summed E-state index contributed by atoms with van der Waals surface area (Å²) in [5.74, 6) is 0.154. The SMILES string of the molecule is COC(=O)c1cc(Oc2nccs2)cc(-c2ccc(C)cc2)c1. The molecule has 5 heteroatoms.